The first kappa shape index (κ1) is 13.6. The SMILES string of the molecule is CCCc1ccc(CCc2ccc(OC)cc2)nc1. The van der Waals surface area contributed by atoms with Crippen LogP contribution in [0, 0.1) is 0 Å². The van der Waals surface area contributed by atoms with E-state index in [0.717, 1.165) is 30.7 Å². The number of ether oxygens (including phenoxy) is 1. The summed E-state index contributed by atoms with van der Waals surface area (Å²) in [4.78, 5) is 4.52. The molecule has 0 amide bonds. The van der Waals surface area contributed by atoms with E-state index in [1.54, 1.807) is 7.11 Å². The zero-order valence-corrected chi connectivity index (χ0v) is 11.7. The summed E-state index contributed by atoms with van der Waals surface area (Å²) in [5, 5.41) is 0. The lowest BCUT2D eigenvalue weighted by Gasteiger charge is -2.04. The average molecular weight is 255 g/mol. The van der Waals surface area contributed by atoms with Gasteiger partial charge in [0, 0.05) is 11.9 Å². The summed E-state index contributed by atoms with van der Waals surface area (Å²) in [6.07, 6.45) is 6.30. The number of pyridine rings is 1. The Bertz CT molecular complexity index is 488. The first-order valence-electron chi connectivity index (χ1n) is 6.88. The van der Waals surface area contributed by atoms with Gasteiger partial charge in [0.15, 0.2) is 0 Å². The molecule has 1 heterocycles. The molecule has 0 saturated carbocycles. The summed E-state index contributed by atoms with van der Waals surface area (Å²) < 4.78 is 5.16. The highest BCUT2D eigenvalue weighted by atomic mass is 16.5. The number of aromatic nitrogens is 1. The summed E-state index contributed by atoms with van der Waals surface area (Å²) in [5.74, 6) is 0.908. The molecule has 0 radical (unpaired) electrons. The lowest BCUT2D eigenvalue weighted by atomic mass is 10.1. The molecule has 0 aliphatic rings. The van der Waals surface area contributed by atoms with Crippen LogP contribution in [0.2, 0.25) is 0 Å². The second-order valence-electron chi connectivity index (χ2n) is 4.76. The molecule has 100 valence electrons. The fraction of sp³-hybridized carbons (Fsp3) is 0.353. The fourth-order valence-corrected chi connectivity index (χ4v) is 2.10. The Morgan fingerprint density at radius 3 is 2.21 bits per heavy atom. The van der Waals surface area contributed by atoms with Crippen molar-refractivity contribution < 1.29 is 4.74 Å². The van der Waals surface area contributed by atoms with Gasteiger partial charge in [0.25, 0.3) is 0 Å². The zero-order valence-electron chi connectivity index (χ0n) is 11.7. The molecule has 0 unspecified atom stereocenters. The maximum Gasteiger partial charge on any atom is 0.118 e. The number of rotatable bonds is 6. The van der Waals surface area contributed by atoms with E-state index in [-0.39, 0.29) is 0 Å². The van der Waals surface area contributed by atoms with Gasteiger partial charge in [-0.25, -0.2) is 0 Å². The molecule has 0 saturated heterocycles. The standard InChI is InChI=1S/C17H21NO/c1-3-4-15-6-10-16(18-13-15)9-5-14-7-11-17(19-2)12-8-14/h6-8,10-13H,3-5,9H2,1-2H3. The van der Waals surface area contributed by atoms with Crippen LogP contribution in [0.1, 0.15) is 30.2 Å². The van der Waals surface area contributed by atoms with Crippen LogP contribution >= 0.6 is 0 Å². The van der Waals surface area contributed by atoms with E-state index in [9.17, 15) is 0 Å². The van der Waals surface area contributed by atoms with Crippen molar-refractivity contribution in [3.8, 4) is 5.75 Å². The molecule has 2 heteroatoms. The van der Waals surface area contributed by atoms with E-state index in [1.807, 2.05) is 18.3 Å². The summed E-state index contributed by atoms with van der Waals surface area (Å²) >= 11 is 0. The quantitative estimate of drug-likeness (QED) is 0.782. The van der Waals surface area contributed by atoms with E-state index in [4.69, 9.17) is 4.74 Å². The van der Waals surface area contributed by atoms with Crippen LogP contribution in [0.15, 0.2) is 42.6 Å². The molecule has 2 aromatic rings. The predicted octanol–water partition coefficient (Wildman–Crippen LogP) is 3.83. The largest absolute Gasteiger partial charge is 0.497 e. The van der Waals surface area contributed by atoms with Gasteiger partial charge in [0.2, 0.25) is 0 Å². The minimum atomic E-state index is 0.908. The summed E-state index contributed by atoms with van der Waals surface area (Å²) in [6, 6.07) is 12.6. The number of hydrogen-bond donors (Lipinski definition) is 0. The normalized spacial score (nSPS) is 10.4. The number of aryl methyl sites for hydroxylation is 3. The molecule has 0 bridgehead atoms. The molecule has 2 rings (SSSR count). The van der Waals surface area contributed by atoms with Crippen molar-refractivity contribution in [2.45, 2.75) is 32.6 Å². The molecule has 1 aromatic heterocycles. The Balaban J connectivity index is 1.90. The summed E-state index contributed by atoms with van der Waals surface area (Å²) in [6.45, 7) is 2.19. The highest BCUT2D eigenvalue weighted by Crippen LogP contribution is 2.13. The predicted molar refractivity (Wildman–Crippen MR) is 78.6 cm³/mol. The Kier molecular flexibility index (Phi) is 4.96. The minimum absolute atomic E-state index is 0.908. The van der Waals surface area contributed by atoms with Crippen LogP contribution in [-0.4, -0.2) is 12.1 Å². The highest BCUT2D eigenvalue weighted by Gasteiger charge is 1.99. The maximum absolute atomic E-state index is 5.16. The number of benzene rings is 1. The van der Waals surface area contributed by atoms with Crippen molar-refractivity contribution in [3.05, 3.63) is 59.4 Å². The molecule has 2 nitrogen and oxygen atoms in total. The molecular formula is C17H21NO. The van der Waals surface area contributed by atoms with Crippen molar-refractivity contribution >= 4 is 0 Å². The van der Waals surface area contributed by atoms with Crippen molar-refractivity contribution in [1.29, 1.82) is 0 Å². The highest BCUT2D eigenvalue weighted by molar-refractivity contribution is 5.27. The third kappa shape index (κ3) is 4.09. The third-order valence-electron chi connectivity index (χ3n) is 3.25. The molecule has 1 aromatic carbocycles. The van der Waals surface area contributed by atoms with Crippen molar-refractivity contribution in [3.63, 3.8) is 0 Å². The number of hydrogen-bond acceptors (Lipinski definition) is 2. The van der Waals surface area contributed by atoms with Crippen LogP contribution in [0.4, 0.5) is 0 Å². The minimum Gasteiger partial charge on any atom is -0.497 e. The van der Waals surface area contributed by atoms with Gasteiger partial charge in [0.1, 0.15) is 5.75 Å². The second-order valence-corrected chi connectivity index (χ2v) is 4.76. The van der Waals surface area contributed by atoms with Crippen LogP contribution in [-0.2, 0) is 19.3 Å². The van der Waals surface area contributed by atoms with Gasteiger partial charge in [-0.05, 0) is 48.6 Å². The smallest absolute Gasteiger partial charge is 0.118 e. The molecule has 0 aliphatic heterocycles. The van der Waals surface area contributed by atoms with Crippen molar-refractivity contribution in [2.24, 2.45) is 0 Å². The molecule has 0 atom stereocenters. The van der Waals surface area contributed by atoms with Crippen molar-refractivity contribution in [2.75, 3.05) is 7.11 Å². The van der Waals surface area contributed by atoms with E-state index in [0.29, 0.717) is 0 Å². The Labute approximate surface area is 115 Å². The van der Waals surface area contributed by atoms with Gasteiger partial charge < -0.3 is 4.74 Å². The van der Waals surface area contributed by atoms with E-state index < -0.39 is 0 Å². The summed E-state index contributed by atoms with van der Waals surface area (Å²) in [7, 11) is 1.69. The monoisotopic (exact) mass is 255 g/mol. The van der Waals surface area contributed by atoms with E-state index in [2.05, 4.69) is 36.2 Å². The molecule has 19 heavy (non-hydrogen) atoms. The molecule has 0 aliphatic carbocycles. The average Bonchev–Trinajstić information content (AvgIpc) is 2.47. The van der Waals surface area contributed by atoms with Gasteiger partial charge in [-0.3, -0.25) is 4.98 Å². The maximum atomic E-state index is 5.16. The van der Waals surface area contributed by atoms with Crippen LogP contribution < -0.4 is 4.74 Å². The van der Waals surface area contributed by atoms with Gasteiger partial charge in [-0.2, -0.15) is 0 Å². The van der Waals surface area contributed by atoms with Gasteiger partial charge >= 0.3 is 0 Å². The van der Waals surface area contributed by atoms with E-state index >= 15 is 0 Å². The first-order valence-corrected chi connectivity index (χ1v) is 6.88. The van der Waals surface area contributed by atoms with Crippen LogP contribution in [0.5, 0.6) is 5.75 Å². The number of methoxy groups -OCH3 is 1. The third-order valence-corrected chi connectivity index (χ3v) is 3.25. The topological polar surface area (TPSA) is 22.1 Å². The fourth-order valence-electron chi connectivity index (χ4n) is 2.10. The van der Waals surface area contributed by atoms with Crippen LogP contribution in [0.25, 0.3) is 0 Å². The second kappa shape index (κ2) is 6.93. The molecule has 0 N–H and O–H groups in total. The Morgan fingerprint density at radius 2 is 1.63 bits per heavy atom. The van der Waals surface area contributed by atoms with E-state index in [1.165, 1.54) is 17.5 Å². The lowest BCUT2D eigenvalue weighted by Crippen LogP contribution is -1.95. The number of nitrogens with zero attached hydrogens (tertiary/aromatic N) is 1. The Morgan fingerprint density at radius 1 is 0.895 bits per heavy atom. The van der Waals surface area contributed by atoms with Gasteiger partial charge in [-0.1, -0.05) is 31.5 Å². The van der Waals surface area contributed by atoms with Gasteiger partial charge in [-0.15, -0.1) is 0 Å². The zero-order chi connectivity index (χ0) is 13.5. The summed E-state index contributed by atoms with van der Waals surface area (Å²) in [5.41, 5.74) is 3.81. The Hall–Kier alpha value is -1.83. The first-order chi connectivity index (χ1) is 9.31. The lowest BCUT2D eigenvalue weighted by molar-refractivity contribution is 0.414. The molecule has 0 fully saturated rings. The van der Waals surface area contributed by atoms with Gasteiger partial charge in [0.05, 0.1) is 7.11 Å². The molecule has 0 spiro atoms. The van der Waals surface area contributed by atoms with Crippen LogP contribution in [0.3, 0.4) is 0 Å². The van der Waals surface area contributed by atoms with Crippen molar-refractivity contribution in [1.82, 2.24) is 4.98 Å². The molecular weight excluding hydrogens is 234 g/mol.